The summed E-state index contributed by atoms with van der Waals surface area (Å²) in [5.41, 5.74) is -0.416. The molecule has 1 aromatic carbocycles. The number of alkyl halides is 3. The monoisotopic (exact) mass is 404 g/mol. The number of sulfonamides is 1. The lowest BCUT2D eigenvalue weighted by atomic mass is 10.1. The largest absolute Gasteiger partial charge is 0.409 e. The Bertz CT molecular complexity index is 905. The number of hydrogen-bond donors (Lipinski definition) is 1. The van der Waals surface area contributed by atoms with Crippen LogP contribution in [0.4, 0.5) is 17.6 Å². The van der Waals surface area contributed by atoms with Crippen LogP contribution in [0.1, 0.15) is 11.6 Å². The van der Waals surface area contributed by atoms with Crippen LogP contribution in [0.5, 0.6) is 0 Å². The van der Waals surface area contributed by atoms with Crippen LogP contribution < -0.4 is 0 Å². The van der Waals surface area contributed by atoms with Gasteiger partial charge in [-0.05, 0) is 23.8 Å². The van der Waals surface area contributed by atoms with Gasteiger partial charge in [0.25, 0.3) is 0 Å². The molecule has 0 radical (unpaired) electrons. The van der Waals surface area contributed by atoms with Crippen molar-refractivity contribution >= 4 is 22.5 Å². The van der Waals surface area contributed by atoms with E-state index in [1.54, 1.807) is 0 Å². The molecule has 0 spiro atoms. The number of hydrogen-bond acceptors (Lipinski definition) is 5. The van der Waals surface area contributed by atoms with Crippen molar-refractivity contribution in [2.75, 3.05) is 14.1 Å². The summed E-state index contributed by atoms with van der Waals surface area (Å²) in [4.78, 5) is 4.66. The predicted octanol–water partition coefficient (Wildman–Crippen LogP) is 3.04. The molecule has 1 atom stereocenters. The van der Waals surface area contributed by atoms with E-state index < -0.39 is 38.5 Å². The molecular formula is C16H16F4N4O2S. The molecule has 0 amide bonds. The molecule has 1 N–H and O–H groups in total. The molecule has 1 aliphatic heterocycles. The molecule has 0 aliphatic carbocycles. The fourth-order valence-electron chi connectivity index (χ4n) is 2.43. The first-order valence-corrected chi connectivity index (χ1v) is 8.92. The minimum Gasteiger partial charge on any atom is -0.335 e. The summed E-state index contributed by atoms with van der Waals surface area (Å²) in [7, 11) is -2.32. The van der Waals surface area contributed by atoms with Gasteiger partial charge in [-0.25, -0.2) is 17.8 Å². The van der Waals surface area contributed by atoms with Gasteiger partial charge >= 0.3 is 6.18 Å². The van der Waals surface area contributed by atoms with E-state index in [4.69, 9.17) is 5.41 Å². The molecule has 27 heavy (non-hydrogen) atoms. The van der Waals surface area contributed by atoms with Crippen molar-refractivity contribution in [1.82, 2.24) is 9.21 Å². The van der Waals surface area contributed by atoms with E-state index in [1.165, 1.54) is 18.0 Å². The molecule has 1 aliphatic rings. The van der Waals surface area contributed by atoms with Crippen LogP contribution in [0.2, 0.25) is 0 Å². The fraction of sp³-hybridized carbons (Fsp3) is 0.250. The van der Waals surface area contributed by atoms with Crippen LogP contribution in [0.15, 0.2) is 52.3 Å². The standard InChI is InChI=1S/C16H16F4N4O2S/c1-23-10-13(9-22-14(23)7-8-21)27(25,26)24(2)15(16(18,19)20)11-3-5-12(17)6-4-11/h3-10,15,21H,1-2H3/b14-7-,21-8?/t15-/m1/s1. The number of nitrogens with zero attached hydrogens (tertiary/aromatic N) is 3. The second-order valence-electron chi connectivity index (χ2n) is 5.61. The summed E-state index contributed by atoms with van der Waals surface area (Å²) in [5, 5.41) is 7.00. The van der Waals surface area contributed by atoms with Crippen molar-refractivity contribution in [3.8, 4) is 0 Å². The summed E-state index contributed by atoms with van der Waals surface area (Å²) in [5.74, 6) is -0.489. The zero-order valence-electron chi connectivity index (χ0n) is 14.3. The van der Waals surface area contributed by atoms with Crippen LogP contribution in [0.3, 0.4) is 0 Å². The van der Waals surface area contributed by atoms with Gasteiger partial charge in [-0.1, -0.05) is 12.1 Å². The number of allylic oxidation sites excluding steroid dienone is 2. The van der Waals surface area contributed by atoms with Crippen LogP contribution >= 0.6 is 0 Å². The van der Waals surface area contributed by atoms with Gasteiger partial charge in [0.05, 0.1) is 6.21 Å². The summed E-state index contributed by atoms with van der Waals surface area (Å²) in [6.07, 6.45) is -0.678. The number of aliphatic imine (C=N–C) groups is 1. The third-order valence-electron chi connectivity index (χ3n) is 3.78. The van der Waals surface area contributed by atoms with Gasteiger partial charge in [-0.3, -0.25) is 0 Å². The third kappa shape index (κ3) is 4.42. The second kappa shape index (κ2) is 7.61. The highest BCUT2D eigenvalue weighted by atomic mass is 32.2. The molecule has 11 heteroatoms. The molecular weight excluding hydrogens is 388 g/mol. The van der Waals surface area contributed by atoms with E-state index in [2.05, 4.69) is 4.99 Å². The molecule has 1 heterocycles. The maximum Gasteiger partial charge on any atom is 0.409 e. The first-order chi connectivity index (χ1) is 12.5. The quantitative estimate of drug-likeness (QED) is 0.605. The first-order valence-electron chi connectivity index (χ1n) is 7.48. The SMILES string of the molecule is CN1C=C(S(=O)(=O)N(C)[C@H](c2ccc(F)cc2)C(F)(F)F)C=N/C1=C/C=N. The number of benzene rings is 1. The summed E-state index contributed by atoms with van der Waals surface area (Å²) >= 11 is 0. The molecule has 146 valence electrons. The number of nitrogens with one attached hydrogen (secondary N) is 1. The van der Waals surface area contributed by atoms with Gasteiger partial charge in [0, 0.05) is 26.5 Å². The average Bonchev–Trinajstić information content (AvgIpc) is 2.57. The van der Waals surface area contributed by atoms with Gasteiger partial charge in [0.1, 0.15) is 22.6 Å². The Morgan fingerprint density at radius 3 is 2.33 bits per heavy atom. The van der Waals surface area contributed by atoms with Gasteiger partial charge < -0.3 is 10.3 Å². The molecule has 6 nitrogen and oxygen atoms in total. The summed E-state index contributed by atoms with van der Waals surface area (Å²) in [6.45, 7) is 0. The lowest BCUT2D eigenvalue weighted by Gasteiger charge is -2.31. The Balaban J connectivity index is 2.45. The van der Waals surface area contributed by atoms with E-state index in [9.17, 15) is 26.0 Å². The van der Waals surface area contributed by atoms with Crippen molar-refractivity contribution in [1.29, 1.82) is 5.41 Å². The summed E-state index contributed by atoms with van der Waals surface area (Å²) < 4.78 is 79.5. The Kier molecular flexibility index (Phi) is 5.85. The molecule has 2 rings (SSSR count). The second-order valence-corrected chi connectivity index (χ2v) is 7.61. The highest BCUT2D eigenvalue weighted by Crippen LogP contribution is 2.39. The molecule has 0 fully saturated rings. The lowest BCUT2D eigenvalue weighted by molar-refractivity contribution is -0.171. The predicted molar refractivity (Wildman–Crippen MR) is 93.1 cm³/mol. The highest BCUT2D eigenvalue weighted by molar-refractivity contribution is 7.93. The minimum atomic E-state index is -4.93. The lowest BCUT2D eigenvalue weighted by Crippen LogP contribution is -2.41. The van der Waals surface area contributed by atoms with Gasteiger partial charge in [0.15, 0.2) is 0 Å². The molecule has 0 bridgehead atoms. The molecule has 0 saturated carbocycles. The Hall–Kier alpha value is -2.53. The van der Waals surface area contributed by atoms with Crippen molar-refractivity contribution in [2.45, 2.75) is 12.2 Å². The molecule has 1 aromatic rings. The van der Waals surface area contributed by atoms with E-state index in [0.717, 1.165) is 49.9 Å². The van der Waals surface area contributed by atoms with E-state index in [0.29, 0.717) is 0 Å². The topological polar surface area (TPSA) is 76.8 Å². The van der Waals surface area contributed by atoms with Crippen LogP contribution in [-0.2, 0) is 10.0 Å². The Morgan fingerprint density at radius 2 is 1.85 bits per heavy atom. The Labute approximate surface area is 153 Å². The van der Waals surface area contributed by atoms with E-state index in [-0.39, 0.29) is 10.1 Å². The molecule has 0 saturated heterocycles. The molecule has 0 aromatic heterocycles. The highest BCUT2D eigenvalue weighted by Gasteiger charge is 2.48. The van der Waals surface area contributed by atoms with Crippen LogP contribution in [0, 0.1) is 11.2 Å². The Morgan fingerprint density at radius 1 is 1.26 bits per heavy atom. The van der Waals surface area contributed by atoms with Crippen molar-refractivity contribution in [3.63, 3.8) is 0 Å². The van der Waals surface area contributed by atoms with Gasteiger partial charge in [0.2, 0.25) is 10.0 Å². The smallest absolute Gasteiger partial charge is 0.335 e. The normalized spacial score (nSPS) is 18.0. The van der Waals surface area contributed by atoms with Gasteiger partial charge in [-0.2, -0.15) is 17.5 Å². The van der Waals surface area contributed by atoms with Crippen LogP contribution in [0.25, 0.3) is 0 Å². The zero-order chi connectivity index (χ0) is 20.4. The van der Waals surface area contributed by atoms with Crippen LogP contribution in [-0.4, -0.2) is 50.3 Å². The third-order valence-corrected chi connectivity index (χ3v) is 5.55. The van der Waals surface area contributed by atoms with E-state index in [1.807, 2.05) is 0 Å². The number of halogens is 4. The fourth-order valence-corrected chi connectivity index (χ4v) is 3.76. The molecule has 0 unspecified atom stereocenters. The number of rotatable bonds is 5. The van der Waals surface area contributed by atoms with Crippen molar-refractivity contribution in [2.24, 2.45) is 4.99 Å². The van der Waals surface area contributed by atoms with Crippen molar-refractivity contribution in [3.05, 3.63) is 58.6 Å². The van der Waals surface area contributed by atoms with Gasteiger partial charge in [-0.15, -0.1) is 0 Å². The van der Waals surface area contributed by atoms with Crippen molar-refractivity contribution < 1.29 is 26.0 Å². The first kappa shape index (κ1) is 20.8. The minimum absolute atomic E-state index is 0.178. The van der Waals surface area contributed by atoms with E-state index >= 15 is 0 Å². The average molecular weight is 404 g/mol. The zero-order valence-corrected chi connectivity index (χ0v) is 15.1. The summed E-state index contributed by atoms with van der Waals surface area (Å²) in [6, 6.07) is 0.942. The maximum atomic E-state index is 13.6. The maximum absolute atomic E-state index is 13.6.